The van der Waals surface area contributed by atoms with E-state index in [2.05, 4.69) is 5.32 Å². The molecule has 3 nitrogen and oxygen atoms in total. The van der Waals surface area contributed by atoms with E-state index in [-0.39, 0.29) is 11.7 Å². The number of rotatable bonds is 2. The van der Waals surface area contributed by atoms with Crippen LogP contribution in [0.15, 0.2) is 0 Å². The third-order valence-corrected chi connectivity index (χ3v) is 4.61. The lowest BCUT2D eigenvalue weighted by molar-refractivity contribution is -0.127. The summed E-state index contributed by atoms with van der Waals surface area (Å²) >= 11 is 0. The second kappa shape index (κ2) is 3.64. The van der Waals surface area contributed by atoms with Crippen molar-refractivity contribution in [3.63, 3.8) is 0 Å². The van der Waals surface area contributed by atoms with E-state index in [0.717, 1.165) is 37.0 Å². The van der Waals surface area contributed by atoms with Gasteiger partial charge in [-0.15, -0.1) is 0 Å². The molecule has 16 heavy (non-hydrogen) atoms. The molecule has 0 atom stereocenters. The molecule has 3 heteroatoms. The predicted molar refractivity (Wildman–Crippen MR) is 61.1 cm³/mol. The van der Waals surface area contributed by atoms with E-state index >= 15 is 0 Å². The summed E-state index contributed by atoms with van der Waals surface area (Å²) in [6.45, 7) is 2.59. The molecule has 4 fully saturated rings. The van der Waals surface area contributed by atoms with E-state index in [1.54, 1.807) is 0 Å². The second-order valence-corrected chi connectivity index (χ2v) is 6.02. The lowest BCUT2D eigenvalue weighted by Crippen LogP contribution is -2.53. The lowest BCUT2D eigenvalue weighted by Gasteiger charge is -2.55. The number of carbonyl (C=O) groups excluding carboxylic acids is 1. The number of amides is 1. The van der Waals surface area contributed by atoms with Gasteiger partial charge in [0.1, 0.15) is 5.60 Å². The Kier molecular flexibility index (Phi) is 2.37. The molecule has 4 rings (SSSR count). The number of nitrogens with one attached hydrogen (secondary N) is 1. The third kappa shape index (κ3) is 1.70. The SMILES string of the molecule is CCNC(=O)OC12CC3CC(CC(C3)C1)C2. The van der Waals surface area contributed by atoms with Gasteiger partial charge in [-0.2, -0.15) is 0 Å². The van der Waals surface area contributed by atoms with Crippen molar-refractivity contribution in [3.8, 4) is 0 Å². The first kappa shape index (κ1) is 10.4. The van der Waals surface area contributed by atoms with Crippen molar-refractivity contribution < 1.29 is 9.53 Å². The monoisotopic (exact) mass is 223 g/mol. The molecule has 4 aliphatic carbocycles. The molecule has 0 unspecified atom stereocenters. The highest BCUT2D eigenvalue weighted by Gasteiger charge is 2.53. The molecule has 1 N–H and O–H groups in total. The molecule has 0 heterocycles. The van der Waals surface area contributed by atoms with Crippen LogP contribution in [0.4, 0.5) is 4.79 Å². The topological polar surface area (TPSA) is 38.3 Å². The van der Waals surface area contributed by atoms with Crippen LogP contribution in [-0.2, 0) is 4.74 Å². The first-order chi connectivity index (χ1) is 7.69. The molecule has 0 saturated heterocycles. The Labute approximate surface area is 96.9 Å². The molecule has 4 bridgehead atoms. The van der Waals surface area contributed by atoms with Gasteiger partial charge in [0.05, 0.1) is 0 Å². The number of alkyl carbamates (subject to hydrolysis) is 1. The van der Waals surface area contributed by atoms with Gasteiger partial charge >= 0.3 is 6.09 Å². The van der Waals surface area contributed by atoms with Gasteiger partial charge in [-0.05, 0) is 63.2 Å². The second-order valence-electron chi connectivity index (χ2n) is 6.02. The van der Waals surface area contributed by atoms with E-state index in [9.17, 15) is 4.79 Å². The summed E-state index contributed by atoms with van der Waals surface area (Å²) in [4.78, 5) is 11.6. The zero-order chi connectivity index (χ0) is 11.2. The van der Waals surface area contributed by atoms with Gasteiger partial charge in [0.15, 0.2) is 0 Å². The Morgan fingerprint density at radius 3 is 2.12 bits per heavy atom. The van der Waals surface area contributed by atoms with Crippen molar-refractivity contribution in [2.24, 2.45) is 17.8 Å². The molecular formula is C13H21NO2. The Bertz CT molecular complexity index is 265. The Hall–Kier alpha value is -0.730. The van der Waals surface area contributed by atoms with Crippen LogP contribution in [0.25, 0.3) is 0 Å². The van der Waals surface area contributed by atoms with Crippen LogP contribution in [0, 0.1) is 17.8 Å². The highest BCUT2D eigenvalue weighted by Crippen LogP contribution is 2.57. The van der Waals surface area contributed by atoms with Crippen LogP contribution in [0.1, 0.15) is 45.4 Å². The van der Waals surface area contributed by atoms with Crippen LogP contribution in [-0.4, -0.2) is 18.2 Å². The Morgan fingerprint density at radius 2 is 1.69 bits per heavy atom. The van der Waals surface area contributed by atoms with Crippen molar-refractivity contribution in [1.82, 2.24) is 5.32 Å². The van der Waals surface area contributed by atoms with Crippen molar-refractivity contribution in [2.45, 2.75) is 51.0 Å². The average molecular weight is 223 g/mol. The maximum atomic E-state index is 11.6. The van der Waals surface area contributed by atoms with E-state index in [1.165, 1.54) is 19.3 Å². The largest absolute Gasteiger partial charge is 0.443 e. The summed E-state index contributed by atoms with van der Waals surface area (Å²) in [6.07, 6.45) is 7.32. The summed E-state index contributed by atoms with van der Waals surface area (Å²) in [6, 6.07) is 0. The fourth-order valence-corrected chi connectivity index (χ4v) is 4.53. The van der Waals surface area contributed by atoms with Crippen molar-refractivity contribution in [1.29, 1.82) is 0 Å². The summed E-state index contributed by atoms with van der Waals surface area (Å²) < 4.78 is 5.74. The van der Waals surface area contributed by atoms with Crippen LogP contribution in [0.5, 0.6) is 0 Å². The van der Waals surface area contributed by atoms with Crippen LogP contribution in [0.3, 0.4) is 0 Å². The van der Waals surface area contributed by atoms with Crippen LogP contribution >= 0.6 is 0 Å². The molecule has 0 aromatic carbocycles. The van der Waals surface area contributed by atoms with Gasteiger partial charge < -0.3 is 10.1 Å². The van der Waals surface area contributed by atoms with Gasteiger partial charge in [0.25, 0.3) is 0 Å². The molecule has 0 aliphatic heterocycles. The van der Waals surface area contributed by atoms with E-state index in [4.69, 9.17) is 4.74 Å². The zero-order valence-electron chi connectivity index (χ0n) is 10.00. The third-order valence-electron chi connectivity index (χ3n) is 4.61. The summed E-state index contributed by atoms with van der Waals surface area (Å²) in [7, 11) is 0. The zero-order valence-corrected chi connectivity index (χ0v) is 10.00. The lowest BCUT2D eigenvalue weighted by atomic mass is 9.54. The van der Waals surface area contributed by atoms with Crippen molar-refractivity contribution in [3.05, 3.63) is 0 Å². The maximum absolute atomic E-state index is 11.6. The average Bonchev–Trinajstić information content (AvgIpc) is 2.13. The Morgan fingerprint density at radius 1 is 1.19 bits per heavy atom. The summed E-state index contributed by atoms with van der Waals surface area (Å²) in [5, 5.41) is 2.76. The smallest absolute Gasteiger partial charge is 0.407 e. The number of hydrogen-bond donors (Lipinski definition) is 1. The standard InChI is InChI=1S/C13H21NO2/c1-2-14-12(15)16-13-6-9-3-10(7-13)5-11(4-9)8-13/h9-11H,2-8H2,1H3,(H,14,15). The van der Waals surface area contributed by atoms with Gasteiger partial charge in [0, 0.05) is 6.54 Å². The first-order valence-corrected chi connectivity index (χ1v) is 6.66. The van der Waals surface area contributed by atoms with E-state index in [1.807, 2.05) is 6.92 Å². The Balaban J connectivity index is 1.71. The van der Waals surface area contributed by atoms with Gasteiger partial charge in [-0.1, -0.05) is 0 Å². The van der Waals surface area contributed by atoms with E-state index in [0.29, 0.717) is 6.54 Å². The predicted octanol–water partition coefficient (Wildman–Crippen LogP) is 2.70. The van der Waals surface area contributed by atoms with Crippen molar-refractivity contribution >= 4 is 6.09 Å². The molecule has 0 aromatic heterocycles. The molecule has 1 amide bonds. The summed E-state index contributed by atoms with van der Waals surface area (Å²) in [5.74, 6) is 2.50. The fourth-order valence-electron chi connectivity index (χ4n) is 4.53. The fraction of sp³-hybridized carbons (Fsp3) is 0.923. The van der Waals surface area contributed by atoms with Gasteiger partial charge in [0.2, 0.25) is 0 Å². The number of hydrogen-bond acceptors (Lipinski definition) is 2. The highest BCUT2D eigenvalue weighted by atomic mass is 16.6. The minimum atomic E-state index is -0.204. The van der Waals surface area contributed by atoms with Gasteiger partial charge in [-0.3, -0.25) is 0 Å². The maximum Gasteiger partial charge on any atom is 0.407 e. The summed E-state index contributed by atoms with van der Waals surface area (Å²) in [5.41, 5.74) is -0.0893. The molecule has 90 valence electrons. The first-order valence-electron chi connectivity index (χ1n) is 6.66. The van der Waals surface area contributed by atoms with Crippen LogP contribution < -0.4 is 5.32 Å². The molecule has 0 aromatic rings. The molecule has 0 spiro atoms. The molecule has 4 saturated carbocycles. The minimum absolute atomic E-state index is 0.0893. The van der Waals surface area contributed by atoms with Crippen molar-refractivity contribution in [2.75, 3.05) is 6.54 Å². The molecule has 0 radical (unpaired) electrons. The normalized spacial score (nSPS) is 44.4. The quantitative estimate of drug-likeness (QED) is 0.781. The van der Waals surface area contributed by atoms with Gasteiger partial charge in [-0.25, -0.2) is 4.79 Å². The molecular weight excluding hydrogens is 202 g/mol. The van der Waals surface area contributed by atoms with E-state index < -0.39 is 0 Å². The number of ether oxygens (including phenoxy) is 1. The molecule has 4 aliphatic rings. The highest BCUT2D eigenvalue weighted by molar-refractivity contribution is 5.67. The van der Waals surface area contributed by atoms with Crippen LogP contribution in [0.2, 0.25) is 0 Å². The minimum Gasteiger partial charge on any atom is -0.443 e. The number of carbonyl (C=O) groups is 1.